The molecule has 0 radical (unpaired) electrons. The van der Waals surface area contributed by atoms with Crippen LogP contribution in [0.2, 0.25) is 0 Å². The highest BCUT2D eigenvalue weighted by molar-refractivity contribution is 7.80. The summed E-state index contributed by atoms with van der Waals surface area (Å²) >= 11 is 4.07. The molecule has 0 aromatic heterocycles. The Bertz CT molecular complexity index is 787. The van der Waals surface area contributed by atoms with Gasteiger partial charge in [0.1, 0.15) is 18.4 Å². The molecule has 0 saturated heterocycles. The van der Waals surface area contributed by atoms with Crippen LogP contribution in [0.4, 0.5) is 0 Å². The molecule has 0 spiro atoms. The van der Waals surface area contributed by atoms with Crippen molar-refractivity contribution in [3.8, 4) is 0 Å². The summed E-state index contributed by atoms with van der Waals surface area (Å²) in [7, 11) is 1.55. The summed E-state index contributed by atoms with van der Waals surface area (Å²) in [6.45, 7) is 0.974. The van der Waals surface area contributed by atoms with Gasteiger partial charge in [-0.25, -0.2) is 0 Å². The molecule has 0 saturated carbocycles. The number of aldehydes is 1. The van der Waals surface area contributed by atoms with Gasteiger partial charge in [0.05, 0.1) is 25.0 Å². The lowest BCUT2D eigenvalue weighted by atomic mass is 10.1. The quantitative estimate of drug-likeness (QED) is 0.0295. The van der Waals surface area contributed by atoms with Crippen LogP contribution in [0.5, 0.6) is 0 Å². The summed E-state index contributed by atoms with van der Waals surface area (Å²) in [4.78, 5) is 75.0. The van der Waals surface area contributed by atoms with Crippen molar-refractivity contribution in [3.63, 3.8) is 0 Å². The number of amides is 4. The summed E-state index contributed by atoms with van der Waals surface area (Å²) in [5, 5.41) is 21.1. The summed E-state index contributed by atoms with van der Waals surface area (Å²) in [6.07, 6.45) is 0.178. The Morgan fingerprint density at radius 3 is 2.14 bits per heavy atom. The van der Waals surface area contributed by atoms with Crippen molar-refractivity contribution in [2.24, 2.45) is 16.5 Å². The molecule has 4 amide bonds. The van der Waals surface area contributed by atoms with E-state index in [1.807, 2.05) is 0 Å². The molecule has 0 fully saturated rings. The lowest BCUT2D eigenvalue weighted by Gasteiger charge is -2.22. The third-order valence-electron chi connectivity index (χ3n) is 4.45. The molecule has 0 aliphatic rings. The number of rotatable bonds is 17. The minimum atomic E-state index is -1.47. The first kappa shape index (κ1) is 31.6. The van der Waals surface area contributed by atoms with Gasteiger partial charge in [0.25, 0.3) is 0 Å². The number of aliphatic imine (C=N–C) groups is 1. The summed E-state index contributed by atoms with van der Waals surface area (Å²) in [5.74, 6) is -4.23. The maximum absolute atomic E-state index is 12.6. The van der Waals surface area contributed by atoms with Crippen LogP contribution in [0.1, 0.15) is 26.2 Å². The Morgan fingerprint density at radius 2 is 1.63 bits per heavy atom. The SMILES string of the molecule is CNC(CS)C(=O)NC(CCCN=C(N)N)C(=O)NCC(=O)NC(CC(=O)O)C(=O)NC(C)C=O. The van der Waals surface area contributed by atoms with Crippen LogP contribution in [0.15, 0.2) is 4.99 Å². The molecular weight excluding hydrogens is 484 g/mol. The van der Waals surface area contributed by atoms with Gasteiger partial charge < -0.3 is 48.0 Å². The monoisotopic (exact) mass is 518 g/mol. The molecule has 0 aromatic rings. The topological polar surface area (TPSA) is 247 Å². The number of hydrogen-bond donors (Lipinski definition) is 9. The maximum atomic E-state index is 12.6. The minimum Gasteiger partial charge on any atom is -0.481 e. The first-order chi connectivity index (χ1) is 16.4. The number of carbonyl (C=O) groups excluding carboxylic acids is 5. The van der Waals surface area contributed by atoms with Gasteiger partial charge in [-0.05, 0) is 26.8 Å². The standard InChI is InChI=1S/C19H34N8O7S/c1-10(8-28)25-17(33)12(6-15(30)31)26-14(29)7-24-16(32)11(4-3-5-23-19(20)21)27-18(34)13(9-35)22-2/h8,10-13,22,35H,3-7,9H2,1-2H3,(H,24,32)(H,25,33)(H,26,29)(H,27,34)(H,30,31)(H4,20,21,23). The fourth-order valence-corrected chi connectivity index (χ4v) is 2.98. The molecule has 4 unspecified atom stereocenters. The second kappa shape index (κ2) is 17.1. The lowest BCUT2D eigenvalue weighted by Crippen LogP contribution is -2.55. The number of hydrogen-bond acceptors (Lipinski definition) is 9. The van der Waals surface area contributed by atoms with Crippen molar-refractivity contribution in [1.82, 2.24) is 26.6 Å². The first-order valence-corrected chi connectivity index (χ1v) is 11.3. The van der Waals surface area contributed by atoms with E-state index in [2.05, 4.69) is 44.2 Å². The summed E-state index contributed by atoms with van der Waals surface area (Å²) in [5.41, 5.74) is 10.5. The Morgan fingerprint density at radius 1 is 1.00 bits per heavy atom. The van der Waals surface area contributed by atoms with Crippen molar-refractivity contribution in [2.45, 2.75) is 50.4 Å². The molecule has 198 valence electrons. The van der Waals surface area contributed by atoms with Crippen LogP contribution in [0.25, 0.3) is 0 Å². The highest BCUT2D eigenvalue weighted by Gasteiger charge is 2.27. The molecule has 0 aromatic carbocycles. The third-order valence-corrected chi connectivity index (χ3v) is 4.82. The van der Waals surface area contributed by atoms with E-state index >= 15 is 0 Å². The Balaban J connectivity index is 5.15. The Kier molecular flexibility index (Phi) is 15.4. The van der Waals surface area contributed by atoms with Crippen LogP contribution >= 0.6 is 12.6 Å². The fraction of sp³-hybridized carbons (Fsp3) is 0.632. The van der Waals surface area contributed by atoms with Gasteiger partial charge in [-0.1, -0.05) is 0 Å². The van der Waals surface area contributed by atoms with E-state index in [1.165, 1.54) is 6.92 Å². The van der Waals surface area contributed by atoms with Crippen molar-refractivity contribution in [2.75, 3.05) is 25.9 Å². The van der Waals surface area contributed by atoms with Crippen molar-refractivity contribution >= 4 is 54.5 Å². The molecule has 0 aliphatic carbocycles. The van der Waals surface area contributed by atoms with E-state index in [0.717, 1.165) is 0 Å². The predicted octanol–water partition coefficient (Wildman–Crippen LogP) is -4.18. The summed E-state index contributed by atoms with van der Waals surface area (Å²) < 4.78 is 0. The van der Waals surface area contributed by atoms with Gasteiger partial charge in [0, 0.05) is 12.3 Å². The Hall–Kier alpha value is -3.40. The largest absolute Gasteiger partial charge is 0.481 e. The van der Waals surface area contributed by atoms with E-state index < -0.39 is 66.7 Å². The molecule has 0 heterocycles. The number of aliphatic carboxylic acids is 1. The second-order valence-corrected chi connectivity index (χ2v) is 7.77. The van der Waals surface area contributed by atoms with Gasteiger partial charge in [0.2, 0.25) is 23.6 Å². The number of nitrogens with two attached hydrogens (primary N) is 2. The first-order valence-electron chi connectivity index (χ1n) is 10.6. The maximum Gasteiger partial charge on any atom is 0.305 e. The van der Waals surface area contributed by atoms with Gasteiger partial charge in [-0.2, -0.15) is 12.6 Å². The van der Waals surface area contributed by atoms with Crippen molar-refractivity contribution in [3.05, 3.63) is 0 Å². The molecule has 16 heteroatoms. The fourth-order valence-electron chi connectivity index (χ4n) is 2.63. The highest BCUT2D eigenvalue weighted by atomic mass is 32.1. The molecule has 0 bridgehead atoms. The molecule has 4 atom stereocenters. The second-order valence-electron chi connectivity index (χ2n) is 7.40. The van der Waals surface area contributed by atoms with Gasteiger partial charge in [-0.15, -0.1) is 0 Å². The third kappa shape index (κ3) is 13.8. The van der Waals surface area contributed by atoms with Crippen LogP contribution in [-0.2, 0) is 28.8 Å². The van der Waals surface area contributed by atoms with E-state index in [9.17, 15) is 28.8 Å². The number of nitrogens with zero attached hydrogens (tertiary/aromatic N) is 1. The smallest absolute Gasteiger partial charge is 0.305 e. The highest BCUT2D eigenvalue weighted by Crippen LogP contribution is 2.01. The molecular formula is C19H34N8O7S. The zero-order valence-electron chi connectivity index (χ0n) is 19.6. The normalized spacial score (nSPS) is 13.8. The number of thiol groups is 1. The van der Waals surface area contributed by atoms with Crippen LogP contribution in [0, 0.1) is 0 Å². The number of guanidine groups is 1. The van der Waals surface area contributed by atoms with Gasteiger partial charge >= 0.3 is 5.97 Å². The van der Waals surface area contributed by atoms with Crippen molar-refractivity contribution in [1.29, 1.82) is 0 Å². The minimum absolute atomic E-state index is 0.125. The predicted molar refractivity (Wildman–Crippen MR) is 129 cm³/mol. The van der Waals surface area contributed by atoms with Gasteiger partial charge in [-0.3, -0.25) is 29.0 Å². The Labute approximate surface area is 208 Å². The van der Waals surface area contributed by atoms with E-state index in [4.69, 9.17) is 16.6 Å². The van der Waals surface area contributed by atoms with E-state index in [1.54, 1.807) is 7.05 Å². The average molecular weight is 519 g/mol. The van der Waals surface area contributed by atoms with Crippen LogP contribution in [0.3, 0.4) is 0 Å². The molecule has 35 heavy (non-hydrogen) atoms. The molecule has 15 nitrogen and oxygen atoms in total. The van der Waals surface area contributed by atoms with E-state index in [0.29, 0.717) is 12.7 Å². The number of nitrogens with one attached hydrogen (secondary N) is 5. The average Bonchev–Trinajstić information content (AvgIpc) is 2.79. The van der Waals surface area contributed by atoms with Crippen LogP contribution in [-0.4, -0.2) is 97.0 Å². The summed E-state index contributed by atoms with van der Waals surface area (Å²) in [6, 6.07) is -4.07. The zero-order valence-corrected chi connectivity index (χ0v) is 20.5. The van der Waals surface area contributed by atoms with Gasteiger partial charge in [0.15, 0.2) is 5.96 Å². The van der Waals surface area contributed by atoms with Crippen molar-refractivity contribution < 1.29 is 33.9 Å². The number of carboxylic acids is 1. The number of likely N-dealkylation sites (N-methyl/N-ethyl adjacent to an activating group) is 1. The van der Waals surface area contributed by atoms with Crippen LogP contribution < -0.4 is 38.1 Å². The van der Waals surface area contributed by atoms with E-state index in [-0.39, 0.29) is 24.7 Å². The number of carbonyl (C=O) groups is 6. The lowest BCUT2D eigenvalue weighted by molar-refractivity contribution is -0.141. The number of carboxylic acid groups (broad SMARTS) is 1. The molecule has 0 aliphatic heterocycles. The molecule has 10 N–H and O–H groups in total. The zero-order chi connectivity index (χ0) is 27.0. The molecule has 0 rings (SSSR count).